The second-order valence-corrected chi connectivity index (χ2v) is 6.79. The summed E-state index contributed by atoms with van der Waals surface area (Å²) in [6.07, 6.45) is 1.54. The fourth-order valence-corrected chi connectivity index (χ4v) is 3.15. The molecule has 0 radical (unpaired) electrons. The number of rotatable bonds is 7. The lowest BCUT2D eigenvalue weighted by molar-refractivity contribution is 0.0958. The summed E-state index contributed by atoms with van der Waals surface area (Å²) in [5.41, 5.74) is 2.95. The zero-order valence-corrected chi connectivity index (χ0v) is 17.5. The fraction of sp³-hybridized carbons (Fsp3) is 0.174. The largest absolute Gasteiger partial charge is 0.494 e. The number of benzene rings is 2. The molecule has 0 aliphatic heterocycles. The van der Waals surface area contributed by atoms with Crippen molar-refractivity contribution in [1.82, 2.24) is 19.9 Å². The number of imidazole rings is 1. The van der Waals surface area contributed by atoms with Crippen LogP contribution >= 0.6 is 0 Å². The van der Waals surface area contributed by atoms with E-state index in [0.29, 0.717) is 29.7 Å². The van der Waals surface area contributed by atoms with Crippen molar-refractivity contribution in [3.63, 3.8) is 0 Å². The summed E-state index contributed by atoms with van der Waals surface area (Å²) in [5.74, 6) is 2.41. The van der Waals surface area contributed by atoms with Crippen LogP contribution in [0.25, 0.3) is 11.0 Å². The van der Waals surface area contributed by atoms with Crippen molar-refractivity contribution in [2.45, 2.75) is 6.92 Å². The number of aryl methyl sites for hydroxylation is 1. The number of ether oxygens (including phenoxy) is 2. The van der Waals surface area contributed by atoms with E-state index in [9.17, 15) is 4.79 Å². The Morgan fingerprint density at radius 2 is 1.77 bits per heavy atom. The summed E-state index contributed by atoms with van der Waals surface area (Å²) in [4.78, 5) is 20.5. The van der Waals surface area contributed by atoms with Crippen molar-refractivity contribution in [2.24, 2.45) is 7.05 Å². The fourth-order valence-electron chi connectivity index (χ4n) is 3.15. The van der Waals surface area contributed by atoms with Crippen LogP contribution in [-0.4, -0.2) is 34.1 Å². The second-order valence-electron chi connectivity index (χ2n) is 6.79. The van der Waals surface area contributed by atoms with Gasteiger partial charge in [-0.1, -0.05) is 0 Å². The maximum atomic E-state index is 11.8. The van der Waals surface area contributed by atoms with Gasteiger partial charge in [-0.15, -0.1) is 0 Å². The molecule has 0 fully saturated rings. The third kappa shape index (κ3) is 4.42. The van der Waals surface area contributed by atoms with E-state index in [1.165, 1.54) is 6.20 Å². The Balaban J connectivity index is 1.55. The third-order valence-corrected chi connectivity index (χ3v) is 4.70. The highest BCUT2D eigenvalue weighted by Crippen LogP contribution is 2.28. The van der Waals surface area contributed by atoms with Gasteiger partial charge in [-0.3, -0.25) is 9.78 Å². The quantitative estimate of drug-likeness (QED) is 0.467. The molecule has 0 unspecified atom stereocenters. The highest BCUT2D eigenvalue weighted by molar-refractivity contribution is 5.92. The van der Waals surface area contributed by atoms with Crippen LogP contribution < -0.4 is 20.1 Å². The number of aromatic nitrogens is 3. The van der Waals surface area contributed by atoms with E-state index in [1.54, 1.807) is 19.2 Å². The second kappa shape index (κ2) is 8.74. The highest BCUT2D eigenvalue weighted by Gasteiger charge is 2.11. The van der Waals surface area contributed by atoms with Crippen LogP contribution in [0.3, 0.4) is 0 Å². The van der Waals surface area contributed by atoms with Gasteiger partial charge >= 0.3 is 0 Å². The molecule has 31 heavy (non-hydrogen) atoms. The molecule has 0 atom stereocenters. The minimum Gasteiger partial charge on any atom is -0.494 e. The van der Waals surface area contributed by atoms with Crippen molar-refractivity contribution in [1.29, 1.82) is 0 Å². The molecule has 8 heteroatoms. The zero-order chi connectivity index (χ0) is 21.8. The van der Waals surface area contributed by atoms with E-state index >= 15 is 0 Å². The van der Waals surface area contributed by atoms with Crippen LogP contribution in [0.5, 0.6) is 17.2 Å². The van der Waals surface area contributed by atoms with Crippen LogP contribution in [0.15, 0.2) is 60.8 Å². The average molecular weight is 417 g/mol. The number of nitrogens with zero attached hydrogens (tertiary/aromatic N) is 3. The van der Waals surface area contributed by atoms with Gasteiger partial charge in [0.1, 0.15) is 22.9 Å². The first-order chi connectivity index (χ1) is 15.1. The molecule has 2 aromatic heterocycles. The molecular formula is C23H23N5O3. The van der Waals surface area contributed by atoms with Crippen molar-refractivity contribution in [3.8, 4) is 17.2 Å². The normalized spacial score (nSPS) is 10.7. The summed E-state index contributed by atoms with van der Waals surface area (Å²) >= 11 is 0. The van der Waals surface area contributed by atoms with Gasteiger partial charge in [0.25, 0.3) is 5.91 Å². The Labute approximate surface area is 179 Å². The van der Waals surface area contributed by atoms with E-state index in [2.05, 4.69) is 15.6 Å². The smallest absolute Gasteiger partial charge is 0.269 e. The van der Waals surface area contributed by atoms with Gasteiger partial charge < -0.3 is 24.7 Å². The van der Waals surface area contributed by atoms with E-state index in [0.717, 1.165) is 22.5 Å². The summed E-state index contributed by atoms with van der Waals surface area (Å²) in [6, 6.07) is 16.7. The molecule has 158 valence electrons. The van der Waals surface area contributed by atoms with Gasteiger partial charge in [0.15, 0.2) is 0 Å². The number of carbonyl (C=O) groups excluding carboxylic acids is 1. The number of hydrogen-bond acceptors (Lipinski definition) is 6. The van der Waals surface area contributed by atoms with Gasteiger partial charge in [-0.25, -0.2) is 4.98 Å². The predicted molar refractivity (Wildman–Crippen MR) is 119 cm³/mol. The number of fused-ring (bicyclic) bond motifs is 1. The molecule has 0 aliphatic rings. The minimum atomic E-state index is -0.268. The number of nitrogens with one attached hydrogen (secondary N) is 2. The molecule has 1 amide bonds. The Morgan fingerprint density at radius 1 is 1.03 bits per heavy atom. The topological polar surface area (TPSA) is 90.3 Å². The molecule has 4 aromatic rings. The maximum Gasteiger partial charge on any atom is 0.269 e. The van der Waals surface area contributed by atoms with Crippen molar-refractivity contribution < 1.29 is 14.3 Å². The SMILES string of the molecule is CCOc1ccc(Nc2nc3cc(Oc4ccnc(C(=O)NC)c4)ccc3n2C)cc1. The van der Waals surface area contributed by atoms with Crippen molar-refractivity contribution in [2.75, 3.05) is 19.0 Å². The van der Waals surface area contributed by atoms with Crippen molar-refractivity contribution in [3.05, 3.63) is 66.5 Å². The summed E-state index contributed by atoms with van der Waals surface area (Å²) in [7, 11) is 3.51. The molecule has 2 N–H and O–H groups in total. The first kappa shape index (κ1) is 20.2. The summed E-state index contributed by atoms with van der Waals surface area (Å²) in [5, 5.41) is 5.88. The molecule has 0 saturated carbocycles. The minimum absolute atomic E-state index is 0.268. The molecule has 4 rings (SSSR count). The molecule has 2 heterocycles. The Morgan fingerprint density at radius 3 is 2.52 bits per heavy atom. The van der Waals surface area contributed by atoms with Gasteiger partial charge in [0.05, 0.1) is 17.6 Å². The molecule has 0 saturated heterocycles. The third-order valence-electron chi connectivity index (χ3n) is 4.70. The number of hydrogen-bond donors (Lipinski definition) is 2. The van der Waals surface area contributed by atoms with Crippen LogP contribution in [-0.2, 0) is 7.05 Å². The van der Waals surface area contributed by atoms with Gasteiger partial charge in [0.2, 0.25) is 5.95 Å². The van der Waals surface area contributed by atoms with Crippen LogP contribution in [0, 0.1) is 0 Å². The van der Waals surface area contributed by atoms with Crippen LogP contribution in [0.4, 0.5) is 11.6 Å². The summed E-state index contributed by atoms with van der Waals surface area (Å²) < 4.78 is 13.4. The number of pyridine rings is 1. The maximum absolute atomic E-state index is 11.8. The Bertz CT molecular complexity index is 1220. The Hall–Kier alpha value is -4.07. The van der Waals surface area contributed by atoms with E-state index in [1.807, 2.05) is 61.0 Å². The molecule has 0 aliphatic carbocycles. The lowest BCUT2D eigenvalue weighted by Crippen LogP contribution is -2.18. The standard InChI is InChI=1S/C23H23N5O3/c1-4-30-16-7-5-15(6-8-16)26-23-27-19-13-17(9-10-21(19)28(23)3)31-18-11-12-25-20(14-18)22(29)24-2/h5-14H,4H2,1-3H3,(H,24,29)(H,26,27). The zero-order valence-electron chi connectivity index (χ0n) is 17.5. The lowest BCUT2D eigenvalue weighted by atomic mass is 10.3. The van der Waals surface area contributed by atoms with Gasteiger partial charge in [-0.05, 0) is 49.4 Å². The average Bonchev–Trinajstić information content (AvgIpc) is 3.09. The summed E-state index contributed by atoms with van der Waals surface area (Å²) in [6.45, 7) is 2.59. The number of carbonyl (C=O) groups is 1. The first-order valence-electron chi connectivity index (χ1n) is 9.89. The van der Waals surface area contributed by atoms with Gasteiger partial charge in [-0.2, -0.15) is 0 Å². The van der Waals surface area contributed by atoms with Crippen molar-refractivity contribution >= 4 is 28.6 Å². The van der Waals surface area contributed by atoms with E-state index in [-0.39, 0.29) is 5.91 Å². The van der Waals surface area contributed by atoms with Crippen LogP contribution in [0.1, 0.15) is 17.4 Å². The molecular weight excluding hydrogens is 394 g/mol. The monoisotopic (exact) mass is 417 g/mol. The molecule has 0 spiro atoms. The number of anilines is 2. The predicted octanol–water partition coefficient (Wildman–Crippen LogP) is 4.26. The van der Waals surface area contributed by atoms with Crippen LogP contribution in [0.2, 0.25) is 0 Å². The van der Waals surface area contributed by atoms with E-state index in [4.69, 9.17) is 14.5 Å². The first-order valence-corrected chi connectivity index (χ1v) is 9.89. The van der Waals surface area contributed by atoms with Gasteiger partial charge in [0, 0.05) is 38.1 Å². The molecule has 2 aromatic carbocycles. The lowest BCUT2D eigenvalue weighted by Gasteiger charge is -2.08. The molecule has 8 nitrogen and oxygen atoms in total. The van der Waals surface area contributed by atoms with E-state index < -0.39 is 0 Å². The molecule has 0 bridgehead atoms. The highest BCUT2D eigenvalue weighted by atomic mass is 16.5. The number of amides is 1. The Kier molecular flexibility index (Phi) is 5.70.